The van der Waals surface area contributed by atoms with Crippen molar-refractivity contribution in [1.29, 1.82) is 0 Å². The number of piperidine rings is 1. The normalized spacial score (nSPS) is 14.3. The van der Waals surface area contributed by atoms with Gasteiger partial charge in [-0.1, -0.05) is 6.07 Å². The fourth-order valence-corrected chi connectivity index (χ4v) is 4.84. The molecule has 1 saturated heterocycles. The third kappa shape index (κ3) is 6.11. The van der Waals surface area contributed by atoms with Crippen LogP contribution >= 0.6 is 0 Å². The van der Waals surface area contributed by atoms with Gasteiger partial charge >= 0.3 is 5.97 Å². The lowest BCUT2D eigenvalue weighted by atomic mass is 10.1. The number of benzene rings is 2. The summed E-state index contributed by atoms with van der Waals surface area (Å²) in [5.41, 5.74) is 3.40. The molecule has 0 saturated carbocycles. The third-order valence-corrected chi connectivity index (χ3v) is 7.31. The monoisotopic (exact) mass is 473 g/mol. The topological polar surface area (TPSA) is 96.0 Å². The Balaban J connectivity index is 1.80. The molecule has 0 aliphatic carbocycles. The largest absolute Gasteiger partial charge is 0.452 e. The first kappa shape index (κ1) is 24.7. The third-order valence-electron chi connectivity index (χ3n) is 5.50. The first-order chi connectivity index (χ1) is 15.6. The molecule has 1 heterocycles. The number of hydrogen-bond acceptors (Lipinski definition) is 6. The predicted octanol–water partition coefficient (Wildman–Crippen LogP) is 3.34. The van der Waals surface area contributed by atoms with E-state index >= 15 is 0 Å². The van der Waals surface area contributed by atoms with E-state index < -0.39 is 28.5 Å². The Hall–Kier alpha value is -2.91. The van der Waals surface area contributed by atoms with E-state index in [1.807, 2.05) is 32.0 Å². The van der Waals surface area contributed by atoms with Crippen LogP contribution in [0.2, 0.25) is 0 Å². The molecule has 1 N–H and O–H groups in total. The lowest BCUT2D eigenvalue weighted by Gasteiger charge is -2.30. The van der Waals surface area contributed by atoms with Crippen LogP contribution in [0.15, 0.2) is 41.3 Å². The molecule has 2 aromatic rings. The summed E-state index contributed by atoms with van der Waals surface area (Å²) >= 11 is 0. The van der Waals surface area contributed by atoms with Gasteiger partial charge in [-0.2, -0.15) is 0 Å². The zero-order chi connectivity index (χ0) is 24.2. The van der Waals surface area contributed by atoms with Gasteiger partial charge in [0, 0.05) is 32.9 Å². The summed E-state index contributed by atoms with van der Waals surface area (Å²) in [6.07, 6.45) is 3.09. The number of amides is 1. The van der Waals surface area contributed by atoms with Crippen LogP contribution in [0.5, 0.6) is 0 Å². The van der Waals surface area contributed by atoms with Crippen LogP contribution in [0, 0.1) is 13.8 Å². The van der Waals surface area contributed by atoms with Gasteiger partial charge in [0.1, 0.15) is 0 Å². The number of ether oxygens (including phenoxy) is 1. The number of nitrogens with zero attached hydrogens (tertiary/aromatic N) is 2. The molecule has 2 aromatic carbocycles. The number of sulfonamides is 1. The van der Waals surface area contributed by atoms with Gasteiger partial charge in [-0.25, -0.2) is 17.5 Å². The van der Waals surface area contributed by atoms with E-state index in [0.29, 0.717) is 11.4 Å². The second-order valence-corrected chi connectivity index (χ2v) is 10.7. The van der Waals surface area contributed by atoms with Crippen LogP contribution in [0.3, 0.4) is 0 Å². The Morgan fingerprint density at radius 3 is 2.24 bits per heavy atom. The highest BCUT2D eigenvalue weighted by molar-refractivity contribution is 7.89. The van der Waals surface area contributed by atoms with E-state index in [4.69, 9.17) is 4.74 Å². The Morgan fingerprint density at radius 1 is 1.00 bits per heavy atom. The summed E-state index contributed by atoms with van der Waals surface area (Å²) in [7, 11) is -0.865. The highest BCUT2D eigenvalue weighted by Crippen LogP contribution is 2.28. The van der Waals surface area contributed by atoms with Crippen LogP contribution in [0.4, 0.5) is 11.4 Å². The number of aryl methyl sites for hydroxylation is 2. The minimum absolute atomic E-state index is 0.0000954. The standard InChI is InChI=1S/C24H31N3O5S/c1-17-12-18(2)14-19(13-17)25-23(28)16-32-24(29)21-15-20(33(30,31)26(3)4)8-9-22(21)27-10-6-5-7-11-27/h8-9,12-15H,5-7,10-11,16H2,1-4H3,(H,25,28). The number of rotatable bonds is 7. The molecule has 9 heteroatoms. The molecule has 1 aliphatic rings. The predicted molar refractivity (Wildman–Crippen MR) is 128 cm³/mol. The molecule has 178 valence electrons. The van der Waals surface area contributed by atoms with Crippen LogP contribution in [0.25, 0.3) is 0 Å². The summed E-state index contributed by atoms with van der Waals surface area (Å²) in [5, 5.41) is 2.73. The fraction of sp³-hybridized carbons (Fsp3) is 0.417. The van der Waals surface area contributed by atoms with Gasteiger partial charge in [-0.05, 0) is 74.6 Å². The molecular weight excluding hydrogens is 442 g/mol. The van der Waals surface area contributed by atoms with Crippen molar-refractivity contribution in [2.45, 2.75) is 38.0 Å². The highest BCUT2D eigenvalue weighted by atomic mass is 32.2. The van der Waals surface area contributed by atoms with Crippen molar-refractivity contribution in [3.8, 4) is 0 Å². The number of nitrogens with one attached hydrogen (secondary N) is 1. The molecule has 0 radical (unpaired) electrons. The zero-order valence-electron chi connectivity index (χ0n) is 19.6. The quantitative estimate of drug-likeness (QED) is 0.620. The summed E-state index contributed by atoms with van der Waals surface area (Å²) < 4.78 is 31.6. The number of carbonyl (C=O) groups excluding carboxylic acids is 2. The summed E-state index contributed by atoms with van der Waals surface area (Å²) in [6.45, 7) is 4.93. The zero-order valence-corrected chi connectivity index (χ0v) is 20.4. The van der Waals surface area contributed by atoms with Gasteiger partial charge in [-0.15, -0.1) is 0 Å². The molecule has 1 aliphatic heterocycles. The van der Waals surface area contributed by atoms with Gasteiger partial charge in [0.2, 0.25) is 10.0 Å². The molecular formula is C24H31N3O5S. The number of anilines is 2. The van der Waals surface area contributed by atoms with Gasteiger partial charge in [0.15, 0.2) is 6.61 Å². The van der Waals surface area contributed by atoms with Crippen molar-refractivity contribution in [2.24, 2.45) is 0 Å². The van der Waals surface area contributed by atoms with Gasteiger partial charge < -0.3 is 15.0 Å². The molecule has 33 heavy (non-hydrogen) atoms. The number of hydrogen-bond donors (Lipinski definition) is 1. The highest BCUT2D eigenvalue weighted by Gasteiger charge is 2.25. The van der Waals surface area contributed by atoms with E-state index in [0.717, 1.165) is 47.8 Å². The second kappa shape index (κ2) is 10.4. The van der Waals surface area contributed by atoms with Gasteiger partial charge in [0.25, 0.3) is 5.91 Å². The average molecular weight is 474 g/mol. The molecule has 1 amide bonds. The van der Waals surface area contributed by atoms with Crippen LogP contribution in [-0.2, 0) is 19.6 Å². The number of esters is 1. The molecule has 1 fully saturated rings. The second-order valence-electron chi connectivity index (χ2n) is 8.51. The van der Waals surface area contributed by atoms with E-state index in [2.05, 4.69) is 10.2 Å². The smallest absolute Gasteiger partial charge is 0.340 e. The van der Waals surface area contributed by atoms with Gasteiger partial charge in [-0.3, -0.25) is 4.79 Å². The Kier molecular flexibility index (Phi) is 7.76. The van der Waals surface area contributed by atoms with E-state index in [9.17, 15) is 18.0 Å². The van der Waals surface area contributed by atoms with Crippen LogP contribution < -0.4 is 10.2 Å². The lowest BCUT2D eigenvalue weighted by molar-refractivity contribution is -0.119. The molecule has 0 spiro atoms. The van der Waals surface area contributed by atoms with Crippen molar-refractivity contribution in [1.82, 2.24) is 4.31 Å². The fourth-order valence-electron chi connectivity index (χ4n) is 3.91. The maximum Gasteiger partial charge on any atom is 0.340 e. The van der Waals surface area contributed by atoms with Crippen molar-refractivity contribution in [3.05, 3.63) is 53.1 Å². The molecule has 3 rings (SSSR count). The molecule has 0 bridgehead atoms. The summed E-state index contributed by atoms with van der Waals surface area (Å²) in [5.74, 6) is -1.20. The minimum Gasteiger partial charge on any atom is -0.452 e. The number of carbonyl (C=O) groups is 2. The van der Waals surface area contributed by atoms with Crippen LogP contribution in [-0.4, -0.2) is 58.4 Å². The maximum atomic E-state index is 13.0. The van der Waals surface area contributed by atoms with Crippen molar-refractivity contribution >= 4 is 33.3 Å². The Labute approximate surface area is 195 Å². The van der Waals surface area contributed by atoms with E-state index in [1.165, 1.54) is 26.2 Å². The Morgan fingerprint density at radius 2 is 1.64 bits per heavy atom. The summed E-state index contributed by atoms with van der Waals surface area (Å²) in [4.78, 5) is 27.4. The SMILES string of the molecule is Cc1cc(C)cc(NC(=O)COC(=O)c2cc(S(=O)(=O)N(C)C)ccc2N2CCCCC2)c1. The summed E-state index contributed by atoms with van der Waals surface area (Å²) in [6, 6.07) is 10.1. The average Bonchev–Trinajstić information content (AvgIpc) is 2.76. The Bertz CT molecular complexity index is 1120. The van der Waals surface area contributed by atoms with E-state index in [1.54, 1.807) is 6.07 Å². The van der Waals surface area contributed by atoms with Crippen LogP contribution in [0.1, 0.15) is 40.7 Å². The van der Waals surface area contributed by atoms with Crippen molar-refractivity contribution in [2.75, 3.05) is 44.0 Å². The molecule has 8 nitrogen and oxygen atoms in total. The minimum atomic E-state index is -3.73. The molecule has 0 atom stereocenters. The van der Waals surface area contributed by atoms with Crippen molar-refractivity contribution < 1.29 is 22.7 Å². The molecule has 0 aromatic heterocycles. The molecule has 0 unspecified atom stereocenters. The first-order valence-corrected chi connectivity index (χ1v) is 12.4. The maximum absolute atomic E-state index is 13.0. The van der Waals surface area contributed by atoms with Crippen molar-refractivity contribution in [3.63, 3.8) is 0 Å². The van der Waals surface area contributed by atoms with E-state index in [-0.39, 0.29) is 10.5 Å². The van der Waals surface area contributed by atoms with Gasteiger partial charge in [0.05, 0.1) is 16.1 Å². The first-order valence-electron chi connectivity index (χ1n) is 10.9. The lowest BCUT2D eigenvalue weighted by Crippen LogP contribution is -2.31.